The van der Waals surface area contributed by atoms with E-state index in [2.05, 4.69) is 5.10 Å². The summed E-state index contributed by atoms with van der Waals surface area (Å²) in [6.07, 6.45) is -0.266. The number of hydrogen-bond acceptors (Lipinski definition) is 2. The van der Waals surface area contributed by atoms with Crippen LogP contribution in [0.15, 0.2) is 18.3 Å². The summed E-state index contributed by atoms with van der Waals surface area (Å²) in [4.78, 5) is 0. The zero-order valence-corrected chi connectivity index (χ0v) is 9.92. The van der Waals surface area contributed by atoms with Crippen LogP contribution in [0.25, 0.3) is 0 Å². The number of rotatable bonds is 2. The molecule has 0 radical (unpaired) electrons. The van der Waals surface area contributed by atoms with Crippen LogP contribution >= 0.6 is 11.6 Å². The molecule has 1 aromatic carbocycles. The Morgan fingerprint density at radius 3 is 2.39 bits per heavy atom. The topological polar surface area (TPSA) is 38.0 Å². The Bertz CT molecular complexity index is 581. The summed E-state index contributed by atoms with van der Waals surface area (Å²) in [5, 5.41) is 13.8. The normalized spacial score (nSPS) is 12.8. The average Bonchev–Trinajstić information content (AvgIpc) is 2.63. The molecule has 96 valence electrons. The van der Waals surface area contributed by atoms with Crippen molar-refractivity contribution in [1.82, 2.24) is 9.78 Å². The highest BCUT2D eigenvalue weighted by molar-refractivity contribution is 6.31. The van der Waals surface area contributed by atoms with Gasteiger partial charge in [-0.2, -0.15) is 5.10 Å². The number of halogens is 4. The smallest absolute Gasteiger partial charge is 0.161 e. The number of hydrogen-bond donors (Lipinski definition) is 1. The van der Waals surface area contributed by atoms with E-state index >= 15 is 0 Å². The first kappa shape index (κ1) is 12.9. The summed E-state index contributed by atoms with van der Waals surface area (Å²) in [5.41, 5.74) is -0.305. The fourth-order valence-corrected chi connectivity index (χ4v) is 1.89. The van der Waals surface area contributed by atoms with E-state index in [9.17, 15) is 18.3 Å². The molecule has 0 aliphatic rings. The minimum Gasteiger partial charge on any atom is -0.382 e. The molecule has 2 rings (SSSR count). The van der Waals surface area contributed by atoms with E-state index in [1.807, 2.05) is 0 Å². The van der Waals surface area contributed by atoms with E-state index < -0.39 is 29.1 Å². The van der Waals surface area contributed by atoms with Crippen LogP contribution in [-0.4, -0.2) is 14.9 Å². The molecule has 3 nitrogen and oxygen atoms in total. The van der Waals surface area contributed by atoms with E-state index in [0.717, 1.165) is 0 Å². The zero-order chi connectivity index (χ0) is 13.4. The molecule has 0 saturated heterocycles. The molecule has 0 amide bonds. The third-order valence-electron chi connectivity index (χ3n) is 2.53. The second kappa shape index (κ2) is 4.62. The summed E-state index contributed by atoms with van der Waals surface area (Å²) >= 11 is 5.78. The third kappa shape index (κ3) is 2.09. The first-order valence-corrected chi connectivity index (χ1v) is 5.29. The van der Waals surface area contributed by atoms with Crippen molar-refractivity contribution in [3.05, 3.63) is 52.1 Å². The highest BCUT2D eigenvalue weighted by atomic mass is 35.5. The molecule has 0 aliphatic heterocycles. The van der Waals surface area contributed by atoms with Gasteiger partial charge in [-0.05, 0) is 6.07 Å². The Labute approximate surface area is 105 Å². The van der Waals surface area contributed by atoms with Crippen LogP contribution < -0.4 is 0 Å². The van der Waals surface area contributed by atoms with Gasteiger partial charge in [0.05, 0.1) is 16.9 Å². The molecule has 0 saturated carbocycles. The molecule has 1 aromatic heterocycles. The van der Waals surface area contributed by atoms with Crippen molar-refractivity contribution < 1.29 is 18.3 Å². The van der Waals surface area contributed by atoms with Crippen molar-refractivity contribution in [1.29, 1.82) is 0 Å². The number of aryl methyl sites for hydroxylation is 1. The number of nitrogens with zero attached hydrogens (tertiary/aromatic N) is 2. The van der Waals surface area contributed by atoms with Crippen molar-refractivity contribution in [3.8, 4) is 0 Å². The van der Waals surface area contributed by atoms with Crippen molar-refractivity contribution in [3.63, 3.8) is 0 Å². The van der Waals surface area contributed by atoms with Crippen LogP contribution in [0.5, 0.6) is 0 Å². The minimum atomic E-state index is -1.53. The molecule has 0 bridgehead atoms. The maximum absolute atomic E-state index is 13.5. The summed E-state index contributed by atoms with van der Waals surface area (Å²) in [7, 11) is 1.49. The standard InChI is InChI=1S/C11H8ClF3N2O/c1-17-10(6(12)4-16-17)11(18)5-2-8(14)9(15)3-7(5)13/h2-4,11,18H,1H3. The molecule has 0 aliphatic carbocycles. The Balaban J connectivity index is 2.53. The summed E-state index contributed by atoms with van der Waals surface area (Å²) < 4.78 is 40.6. The predicted octanol–water partition coefficient (Wildman–Crippen LogP) is 2.57. The molecule has 7 heteroatoms. The van der Waals surface area contributed by atoms with Crippen LogP contribution in [0.3, 0.4) is 0 Å². The molecule has 2 aromatic rings. The lowest BCUT2D eigenvalue weighted by Gasteiger charge is -2.13. The average molecular weight is 277 g/mol. The molecule has 1 N–H and O–H groups in total. The van der Waals surface area contributed by atoms with Crippen molar-refractivity contribution in [2.24, 2.45) is 7.05 Å². The maximum atomic E-state index is 13.5. The Kier molecular flexibility index (Phi) is 3.32. The first-order chi connectivity index (χ1) is 8.41. The van der Waals surface area contributed by atoms with Gasteiger partial charge < -0.3 is 5.11 Å². The van der Waals surface area contributed by atoms with Crippen molar-refractivity contribution >= 4 is 11.6 Å². The summed E-state index contributed by atoms with van der Waals surface area (Å²) in [6.45, 7) is 0. The molecule has 0 spiro atoms. The highest BCUT2D eigenvalue weighted by Gasteiger charge is 2.23. The largest absolute Gasteiger partial charge is 0.382 e. The number of benzene rings is 1. The predicted molar refractivity (Wildman–Crippen MR) is 58.6 cm³/mol. The number of aromatic nitrogens is 2. The van der Waals surface area contributed by atoms with E-state index in [1.54, 1.807) is 0 Å². The molecule has 0 fully saturated rings. The molecule has 18 heavy (non-hydrogen) atoms. The van der Waals surface area contributed by atoms with E-state index in [-0.39, 0.29) is 10.7 Å². The Morgan fingerprint density at radius 2 is 1.83 bits per heavy atom. The van der Waals surface area contributed by atoms with Gasteiger partial charge in [0.25, 0.3) is 0 Å². The van der Waals surface area contributed by atoms with Crippen LogP contribution in [0.4, 0.5) is 13.2 Å². The molecule has 1 heterocycles. The lowest BCUT2D eigenvalue weighted by molar-refractivity contribution is 0.203. The fourth-order valence-electron chi connectivity index (χ4n) is 1.62. The van der Waals surface area contributed by atoms with Crippen molar-refractivity contribution in [2.45, 2.75) is 6.10 Å². The van der Waals surface area contributed by atoms with Gasteiger partial charge in [-0.25, -0.2) is 13.2 Å². The molecular weight excluding hydrogens is 269 g/mol. The molecular formula is C11H8ClF3N2O. The highest BCUT2D eigenvalue weighted by Crippen LogP contribution is 2.30. The van der Waals surface area contributed by atoms with Gasteiger partial charge in [0.15, 0.2) is 11.6 Å². The maximum Gasteiger partial charge on any atom is 0.161 e. The van der Waals surface area contributed by atoms with Gasteiger partial charge >= 0.3 is 0 Å². The summed E-state index contributed by atoms with van der Waals surface area (Å²) in [5.74, 6) is -3.62. The quantitative estimate of drug-likeness (QED) is 0.856. The van der Waals surface area contributed by atoms with Crippen molar-refractivity contribution in [2.75, 3.05) is 0 Å². The number of aliphatic hydroxyl groups is 1. The number of aliphatic hydroxyl groups excluding tert-OH is 1. The van der Waals surface area contributed by atoms with Gasteiger partial charge in [0.2, 0.25) is 0 Å². The third-order valence-corrected chi connectivity index (χ3v) is 2.82. The van der Waals surface area contributed by atoms with E-state index in [1.165, 1.54) is 17.9 Å². The second-order valence-electron chi connectivity index (χ2n) is 3.69. The van der Waals surface area contributed by atoms with E-state index in [4.69, 9.17) is 11.6 Å². The van der Waals surface area contributed by atoms with Crippen LogP contribution in [0.1, 0.15) is 17.4 Å². The van der Waals surface area contributed by atoms with Gasteiger partial charge in [0, 0.05) is 18.7 Å². The van der Waals surface area contributed by atoms with Gasteiger partial charge in [-0.3, -0.25) is 4.68 Å². The summed E-state index contributed by atoms with van der Waals surface area (Å²) in [6, 6.07) is 0.969. The van der Waals surface area contributed by atoms with Crippen LogP contribution in [0, 0.1) is 17.5 Å². The Hall–Kier alpha value is -1.53. The molecule has 1 atom stereocenters. The first-order valence-electron chi connectivity index (χ1n) is 4.91. The van der Waals surface area contributed by atoms with Crippen LogP contribution in [0.2, 0.25) is 5.02 Å². The zero-order valence-electron chi connectivity index (χ0n) is 9.16. The minimum absolute atomic E-state index is 0.0987. The lowest BCUT2D eigenvalue weighted by Crippen LogP contribution is -2.10. The van der Waals surface area contributed by atoms with E-state index in [0.29, 0.717) is 12.1 Å². The van der Waals surface area contributed by atoms with Gasteiger partial charge in [-0.15, -0.1) is 0 Å². The van der Waals surface area contributed by atoms with Gasteiger partial charge in [-0.1, -0.05) is 11.6 Å². The van der Waals surface area contributed by atoms with Gasteiger partial charge in [0.1, 0.15) is 11.9 Å². The Morgan fingerprint density at radius 1 is 1.22 bits per heavy atom. The lowest BCUT2D eigenvalue weighted by atomic mass is 10.1. The SMILES string of the molecule is Cn1ncc(Cl)c1C(O)c1cc(F)c(F)cc1F. The van der Waals surface area contributed by atoms with Crippen LogP contribution in [-0.2, 0) is 7.05 Å². The molecule has 1 unspecified atom stereocenters. The fraction of sp³-hybridized carbons (Fsp3) is 0.182. The second-order valence-corrected chi connectivity index (χ2v) is 4.10. The monoisotopic (exact) mass is 276 g/mol.